The number of nitrogens with zero attached hydrogens (tertiary/aromatic N) is 2. The van der Waals surface area contributed by atoms with Crippen molar-refractivity contribution in [3.05, 3.63) is 42.1 Å². The molecule has 3 rings (SSSR count). The van der Waals surface area contributed by atoms with Gasteiger partial charge in [-0.15, -0.1) is 0 Å². The van der Waals surface area contributed by atoms with Crippen molar-refractivity contribution in [2.24, 2.45) is 0 Å². The maximum atomic E-state index is 2.51. The standard InChI is InChI=1S/C19H27N2/c1-4-10-18(11-5-1)19(16-20-12-6-2-7-13-20)17-21-14-8-3-9-15-21/h1,4-5,10-11,16-17H,2-3,6-9,12-15H2/q+1. The van der Waals surface area contributed by atoms with Gasteiger partial charge in [0.25, 0.3) is 0 Å². The molecule has 2 nitrogen and oxygen atoms in total. The van der Waals surface area contributed by atoms with Crippen LogP contribution in [-0.4, -0.2) is 41.9 Å². The monoisotopic (exact) mass is 283 g/mol. The highest BCUT2D eigenvalue weighted by Gasteiger charge is 2.14. The second-order valence-corrected chi connectivity index (χ2v) is 6.27. The third kappa shape index (κ3) is 4.20. The molecule has 0 N–H and O–H groups in total. The number of hydrogen-bond donors (Lipinski definition) is 0. The second kappa shape index (κ2) is 7.44. The van der Waals surface area contributed by atoms with Gasteiger partial charge >= 0.3 is 0 Å². The number of hydrogen-bond acceptors (Lipinski definition) is 1. The first-order valence-corrected chi connectivity index (χ1v) is 8.52. The molecule has 0 unspecified atom stereocenters. The van der Waals surface area contributed by atoms with E-state index in [1.807, 2.05) is 0 Å². The molecular weight excluding hydrogens is 256 g/mol. The van der Waals surface area contributed by atoms with Crippen LogP contribution in [0.15, 0.2) is 36.5 Å². The van der Waals surface area contributed by atoms with Gasteiger partial charge in [0.15, 0.2) is 6.21 Å². The van der Waals surface area contributed by atoms with Crippen LogP contribution in [0.1, 0.15) is 44.1 Å². The molecular formula is C19H27N2+. The highest BCUT2D eigenvalue weighted by molar-refractivity contribution is 6.07. The summed E-state index contributed by atoms with van der Waals surface area (Å²) in [4.78, 5) is 2.51. The third-order valence-electron chi connectivity index (χ3n) is 4.53. The van der Waals surface area contributed by atoms with E-state index in [1.165, 1.54) is 75.8 Å². The lowest BCUT2D eigenvalue weighted by Crippen LogP contribution is -2.26. The zero-order chi connectivity index (χ0) is 14.3. The SMILES string of the molecule is C(/C(=C/N1CCCCC1)c1ccccc1)=[N+]1CCCCC1. The Kier molecular flexibility index (Phi) is 5.09. The molecule has 2 heterocycles. The van der Waals surface area contributed by atoms with Crippen molar-refractivity contribution in [2.75, 3.05) is 26.2 Å². The van der Waals surface area contributed by atoms with E-state index in [-0.39, 0.29) is 0 Å². The molecule has 2 aliphatic heterocycles. The molecule has 1 aromatic carbocycles. The summed E-state index contributed by atoms with van der Waals surface area (Å²) in [5, 5.41) is 0. The van der Waals surface area contributed by atoms with Gasteiger partial charge in [-0.25, -0.2) is 4.58 Å². The first kappa shape index (κ1) is 14.4. The summed E-state index contributed by atoms with van der Waals surface area (Å²) in [6.45, 7) is 4.85. The number of rotatable bonds is 3. The van der Waals surface area contributed by atoms with E-state index in [0.717, 1.165) is 0 Å². The zero-order valence-electron chi connectivity index (χ0n) is 13.0. The highest BCUT2D eigenvalue weighted by Crippen LogP contribution is 2.17. The maximum Gasteiger partial charge on any atom is 0.172 e. The minimum Gasteiger partial charge on any atom is -0.377 e. The fourth-order valence-corrected chi connectivity index (χ4v) is 3.30. The summed E-state index contributed by atoms with van der Waals surface area (Å²) in [7, 11) is 0. The third-order valence-corrected chi connectivity index (χ3v) is 4.53. The van der Waals surface area contributed by atoms with Crippen molar-refractivity contribution >= 4 is 11.8 Å². The molecule has 0 bridgehead atoms. The normalized spacial score (nSPS) is 20.5. The maximum absolute atomic E-state index is 2.51. The molecule has 0 aliphatic carbocycles. The second-order valence-electron chi connectivity index (χ2n) is 6.27. The van der Waals surface area contributed by atoms with Gasteiger partial charge in [-0.2, -0.15) is 0 Å². The van der Waals surface area contributed by atoms with Crippen LogP contribution in [0.3, 0.4) is 0 Å². The fourth-order valence-electron chi connectivity index (χ4n) is 3.30. The van der Waals surface area contributed by atoms with E-state index < -0.39 is 0 Å². The largest absolute Gasteiger partial charge is 0.377 e. The van der Waals surface area contributed by atoms with Crippen molar-refractivity contribution < 1.29 is 4.58 Å². The molecule has 0 atom stereocenters. The molecule has 1 aromatic rings. The van der Waals surface area contributed by atoms with Crippen molar-refractivity contribution in [1.29, 1.82) is 0 Å². The predicted molar refractivity (Wildman–Crippen MR) is 89.8 cm³/mol. The highest BCUT2D eigenvalue weighted by atomic mass is 15.1. The Balaban J connectivity index is 1.85. The van der Waals surface area contributed by atoms with Gasteiger partial charge in [-0.1, -0.05) is 30.3 Å². The Morgan fingerprint density at radius 3 is 2.24 bits per heavy atom. The van der Waals surface area contributed by atoms with Crippen molar-refractivity contribution in [3.8, 4) is 0 Å². The lowest BCUT2D eigenvalue weighted by Gasteiger charge is -2.25. The van der Waals surface area contributed by atoms with Crippen LogP contribution in [0.2, 0.25) is 0 Å². The smallest absolute Gasteiger partial charge is 0.172 e. The van der Waals surface area contributed by atoms with Gasteiger partial charge in [0.05, 0.1) is 5.57 Å². The molecule has 2 fully saturated rings. The average Bonchev–Trinajstić information content (AvgIpc) is 2.57. The topological polar surface area (TPSA) is 6.25 Å². The van der Waals surface area contributed by atoms with Crippen molar-refractivity contribution in [1.82, 2.24) is 4.90 Å². The summed E-state index contributed by atoms with van der Waals surface area (Å²) >= 11 is 0. The predicted octanol–water partition coefficient (Wildman–Crippen LogP) is 3.78. The number of benzene rings is 1. The minimum atomic E-state index is 1.21. The van der Waals surface area contributed by atoms with Crippen LogP contribution in [0, 0.1) is 0 Å². The molecule has 21 heavy (non-hydrogen) atoms. The van der Waals surface area contributed by atoms with Gasteiger partial charge in [-0.3, -0.25) is 0 Å². The van der Waals surface area contributed by atoms with Crippen LogP contribution in [-0.2, 0) is 0 Å². The van der Waals surface area contributed by atoms with Crippen LogP contribution in [0.5, 0.6) is 0 Å². The molecule has 2 aliphatic rings. The van der Waals surface area contributed by atoms with Crippen LogP contribution in [0.25, 0.3) is 5.57 Å². The number of allylic oxidation sites excluding steroid dienone is 1. The van der Waals surface area contributed by atoms with E-state index in [2.05, 4.69) is 52.2 Å². The van der Waals surface area contributed by atoms with Gasteiger partial charge in [0, 0.05) is 32.1 Å². The molecule has 0 spiro atoms. The Morgan fingerprint density at radius 2 is 1.52 bits per heavy atom. The molecule has 2 heteroatoms. The first-order chi connectivity index (χ1) is 10.4. The van der Waals surface area contributed by atoms with Gasteiger partial charge < -0.3 is 4.90 Å². The van der Waals surface area contributed by atoms with E-state index >= 15 is 0 Å². The Hall–Kier alpha value is -1.57. The van der Waals surface area contributed by atoms with Gasteiger partial charge in [-0.05, 0) is 31.2 Å². The first-order valence-electron chi connectivity index (χ1n) is 8.52. The van der Waals surface area contributed by atoms with Crippen LogP contribution in [0.4, 0.5) is 0 Å². The van der Waals surface area contributed by atoms with E-state index in [9.17, 15) is 0 Å². The molecule has 0 radical (unpaired) electrons. The lowest BCUT2D eigenvalue weighted by molar-refractivity contribution is -0.531. The molecule has 112 valence electrons. The number of piperidine rings is 2. The number of likely N-dealkylation sites (tertiary alicyclic amines) is 1. The summed E-state index contributed by atoms with van der Waals surface area (Å²) in [6, 6.07) is 10.8. The molecule has 2 saturated heterocycles. The summed E-state index contributed by atoms with van der Waals surface area (Å²) in [6.07, 6.45) is 12.9. The van der Waals surface area contributed by atoms with Gasteiger partial charge in [0.2, 0.25) is 0 Å². The molecule has 0 amide bonds. The molecule has 0 aromatic heterocycles. The summed E-state index contributed by atoms with van der Waals surface area (Å²) in [5.74, 6) is 0. The van der Waals surface area contributed by atoms with Crippen molar-refractivity contribution in [2.45, 2.75) is 38.5 Å². The van der Waals surface area contributed by atoms with Crippen LogP contribution < -0.4 is 0 Å². The Bertz CT molecular complexity index is 488. The summed E-state index contributed by atoms with van der Waals surface area (Å²) < 4.78 is 2.51. The Morgan fingerprint density at radius 1 is 0.857 bits per heavy atom. The average molecular weight is 283 g/mol. The quantitative estimate of drug-likeness (QED) is 0.765. The minimum absolute atomic E-state index is 1.21. The van der Waals surface area contributed by atoms with Crippen molar-refractivity contribution in [3.63, 3.8) is 0 Å². The Labute approximate surface area is 128 Å². The zero-order valence-corrected chi connectivity index (χ0v) is 13.0. The van der Waals surface area contributed by atoms with Gasteiger partial charge in [0.1, 0.15) is 13.1 Å². The summed E-state index contributed by atoms with van der Waals surface area (Å²) in [5.41, 5.74) is 2.72. The molecule has 0 saturated carbocycles. The van der Waals surface area contributed by atoms with E-state index in [1.54, 1.807) is 0 Å². The lowest BCUT2D eigenvalue weighted by atomic mass is 10.1. The van der Waals surface area contributed by atoms with Crippen LogP contribution >= 0.6 is 0 Å². The fraction of sp³-hybridized carbons (Fsp3) is 0.526. The van der Waals surface area contributed by atoms with E-state index in [0.29, 0.717) is 0 Å². The van der Waals surface area contributed by atoms with E-state index in [4.69, 9.17) is 0 Å².